The van der Waals surface area contributed by atoms with Crippen molar-refractivity contribution in [1.29, 1.82) is 0 Å². The molecule has 0 saturated heterocycles. The van der Waals surface area contributed by atoms with Crippen LogP contribution in [0.1, 0.15) is 16.1 Å². The molecule has 0 atom stereocenters. The molecule has 0 saturated carbocycles. The zero-order valence-electron chi connectivity index (χ0n) is 9.94. The summed E-state index contributed by atoms with van der Waals surface area (Å²) < 4.78 is 0. The Morgan fingerprint density at radius 1 is 1.37 bits per heavy atom. The lowest BCUT2D eigenvalue weighted by Crippen LogP contribution is -1.94. The number of rotatable bonds is 4. The lowest BCUT2D eigenvalue weighted by Gasteiger charge is -2.02. The number of carbonyl (C=O) groups is 1. The van der Waals surface area contributed by atoms with Crippen molar-refractivity contribution in [3.8, 4) is 0 Å². The first-order valence-electron chi connectivity index (χ1n) is 5.31. The fraction of sp³-hybridized carbons (Fsp3) is 0.0833. The standard InChI is InChI=1S/C12H9N3O3S/c1-8-4-5-13-12(14-8)19-10-2-3-11(15(17)18)9(6-10)7-16/h2-7H,1H3. The second kappa shape index (κ2) is 5.57. The summed E-state index contributed by atoms with van der Waals surface area (Å²) in [4.78, 5) is 29.9. The molecule has 0 N–H and O–H groups in total. The zero-order valence-corrected chi connectivity index (χ0v) is 10.8. The van der Waals surface area contributed by atoms with Crippen LogP contribution in [0, 0.1) is 17.0 Å². The number of aldehydes is 1. The number of carbonyl (C=O) groups excluding carboxylic acids is 1. The fourth-order valence-electron chi connectivity index (χ4n) is 1.44. The van der Waals surface area contributed by atoms with Crippen LogP contribution in [-0.4, -0.2) is 21.2 Å². The van der Waals surface area contributed by atoms with Crippen LogP contribution in [0.4, 0.5) is 5.69 Å². The summed E-state index contributed by atoms with van der Waals surface area (Å²) in [6, 6.07) is 6.11. The molecule has 2 aromatic rings. The lowest BCUT2D eigenvalue weighted by molar-refractivity contribution is -0.385. The molecule has 19 heavy (non-hydrogen) atoms. The van der Waals surface area contributed by atoms with E-state index >= 15 is 0 Å². The minimum absolute atomic E-state index is 0.0441. The van der Waals surface area contributed by atoms with Crippen molar-refractivity contribution in [3.63, 3.8) is 0 Å². The van der Waals surface area contributed by atoms with E-state index in [1.165, 1.54) is 23.9 Å². The number of aromatic nitrogens is 2. The molecule has 0 unspecified atom stereocenters. The van der Waals surface area contributed by atoms with E-state index in [-0.39, 0.29) is 11.3 Å². The van der Waals surface area contributed by atoms with Gasteiger partial charge >= 0.3 is 0 Å². The molecule has 0 fully saturated rings. The van der Waals surface area contributed by atoms with E-state index in [1.807, 2.05) is 6.92 Å². The summed E-state index contributed by atoms with van der Waals surface area (Å²) in [5, 5.41) is 11.2. The quantitative estimate of drug-likeness (QED) is 0.369. The average Bonchev–Trinajstić information content (AvgIpc) is 2.38. The highest BCUT2D eigenvalue weighted by molar-refractivity contribution is 7.99. The number of hydrogen-bond acceptors (Lipinski definition) is 6. The van der Waals surface area contributed by atoms with Crippen molar-refractivity contribution in [2.45, 2.75) is 17.0 Å². The highest BCUT2D eigenvalue weighted by Gasteiger charge is 2.14. The van der Waals surface area contributed by atoms with Gasteiger partial charge in [-0.1, -0.05) is 0 Å². The van der Waals surface area contributed by atoms with Crippen LogP contribution in [0.5, 0.6) is 0 Å². The highest BCUT2D eigenvalue weighted by atomic mass is 32.2. The van der Waals surface area contributed by atoms with Crippen LogP contribution in [0.25, 0.3) is 0 Å². The van der Waals surface area contributed by atoms with E-state index in [4.69, 9.17) is 0 Å². The Bertz CT molecular complexity index is 646. The molecule has 0 amide bonds. The van der Waals surface area contributed by atoms with Crippen molar-refractivity contribution < 1.29 is 9.72 Å². The van der Waals surface area contributed by atoms with Crippen LogP contribution in [-0.2, 0) is 0 Å². The molecule has 7 heteroatoms. The summed E-state index contributed by atoms with van der Waals surface area (Å²) in [6.45, 7) is 1.85. The van der Waals surface area contributed by atoms with E-state index in [1.54, 1.807) is 18.3 Å². The molecular weight excluding hydrogens is 266 g/mol. The van der Waals surface area contributed by atoms with E-state index in [2.05, 4.69) is 9.97 Å². The Balaban J connectivity index is 2.31. The van der Waals surface area contributed by atoms with E-state index < -0.39 is 4.92 Å². The van der Waals surface area contributed by atoms with Gasteiger partial charge in [-0.15, -0.1) is 0 Å². The predicted octanol–water partition coefficient (Wildman–Crippen LogP) is 2.66. The first-order valence-corrected chi connectivity index (χ1v) is 6.13. The summed E-state index contributed by atoms with van der Waals surface area (Å²) in [5.41, 5.74) is 0.669. The minimum atomic E-state index is -0.582. The summed E-state index contributed by atoms with van der Waals surface area (Å²) >= 11 is 1.25. The number of hydrogen-bond donors (Lipinski definition) is 0. The molecule has 1 aromatic carbocycles. The van der Waals surface area contributed by atoms with Gasteiger partial charge in [-0.05, 0) is 36.9 Å². The van der Waals surface area contributed by atoms with Crippen molar-refractivity contribution in [2.24, 2.45) is 0 Å². The monoisotopic (exact) mass is 275 g/mol. The third-order valence-electron chi connectivity index (χ3n) is 2.30. The number of aryl methyl sites for hydroxylation is 1. The molecule has 0 spiro atoms. The molecule has 6 nitrogen and oxygen atoms in total. The SMILES string of the molecule is Cc1ccnc(Sc2ccc([N+](=O)[O-])c(C=O)c2)n1. The average molecular weight is 275 g/mol. The Morgan fingerprint density at radius 2 is 2.16 bits per heavy atom. The molecular formula is C12H9N3O3S. The Kier molecular flexibility index (Phi) is 3.86. The maximum atomic E-state index is 10.8. The van der Waals surface area contributed by atoms with Gasteiger partial charge in [0.05, 0.1) is 10.5 Å². The second-order valence-electron chi connectivity index (χ2n) is 3.68. The molecule has 1 heterocycles. The van der Waals surface area contributed by atoms with Crippen LogP contribution >= 0.6 is 11.8 Å². The summed E-state index contributed by atoms with van der Waals surface area (Å²) in [5.74, 6) is 0. The van der Waals surface area contributed by atoms with Gasteiger partial charge in [0, 0.05) is 22.9 Å². The number of nitro groups is 1. The third-order valence-corrected chi connectivity index (χ3v) is 3.17. The molecule has 0 aliphatic rings. The fourth-order valence-corrected chi connectivity index (χ4v) is 2.27. The van der Waals surface area contributed by atoms with Gasteiger partial charge in [0.1, 0.15) is 0 Å². The van der Waals surface area contributed by atoms with Gasteiger partial charge in [-0.3, -0.25) is 14.9 Å². The molecule has 0 bridgehead atoms. The normalized spacial score (nSPS) is 10.2. The second-order valence-corrected chi connectivity index (χ2v) is 4.72. The molecule has 0 aliphatic heterocycles. The first kappa shape index (κ1) is 13.2. The zero-order chi connectivity index (χ0) is 13.8. The van der Waals surface area contributed by atoms with Crippen molar-refractivity contribution in [3.05, 3.63) is 51.8 Å². The van der Waals surface area contributed by atoms with Crippen molar-refractivity contribution in [2.75, 3.05) is 0 Å². The highest BCUT2D eigenvalue weighted by Crippen LogP contribution is 2.28. The van der Waals surface area contributed by atoms with Gasteiger partial charge in [-0.25, -0.2) is 9.97 Å². The summed E-state index contributed by atoms with van der Waals surface area (Å²) in [6.07, 6.45) is 2.11. The number of benzene rings is 1. The Morgan fingerprint density at radius 3 is 2.79 bits per heavy atom. The molecule has 96 valence electrons. The maximum absolute atomic E-state index is 10.8. The van der Waals surface area contributed by atoms with Crippen LogP contribution in [0.3, 0.4) is 0 Å². The third kappa shape index (κ3) is 3.14. The molecule has 0 radical (unpaired) electrons. The van der Waals surface area contributed by atoms with Crippen LogP contribution in [0.2, 0.25) is 0 Å². The smallest absolute Gasteiger partial charge is 0.279 e. The van der Waals surface area contributed by atoms with E-state index in [9.17, 15) is 14.9 Å². The van der Waals surface area contributed by atoms with Crippen molar-refractivity contribution >= 4 is 23.7 Å². The van der Waals surface area contributed by atoms with Gasteiger partial charge in [0.15, 0.2) is 11.4 Å². The van der Waals surface area contributed by atoms with Crippen LogP contribution in [0.15, 0.2) is 40.5 Å². The Hall–Kier alpha value is -2.28. The van der Waals surface area contributed by atoms with Gasteiger partial charge in [0.2, 0.25) is 0 Å². The molecule has 1 aromatic heterocycles. The Labute approximate surface area is 113 Å². The van der Waals surface area contributed by atoms with Gasteiger partial charge in [-0.2, -0.15) is 0 Å². The lowest BCUT2D eigenvalue weighted by atomic mass is 10.2. The first-order chi connectivity index (χ1) is 9.10. The van der Waals surface area contributed by atoms with Gasteiger partial charge in [0.25, 0.3) is 5.69 Å². The maximum Gasteiger partial charge on any atom is 0.279 e. The minimum Gasteiger partial charge on any atom is -0.298 e. The van der Waals surface area contributed by atoms with Crippen LogP contribution < -0.4 is 0 Å². The van der Waals surface area contributed by atoms with Crippen molar-refractivity contribution in [1.82, 2.24) is 9.97 Å². The largest absolute Gasteiger partial charge is 0.298 e. The number of nitro benzene ring substituents is 1. The molecule has 2 rings (SSSR count). The predicted molar refractivity (Wildman–Crippen MR) is 69.4 cm³/mol. The van der Waals surface area contributed by atoms with E-state index in [0.29, 0.717) is 16.3 Å². The molecule has 0 aliphatic carbocycles. The van der Waals surface area contributed by atoms with Gasteiger partial charge < -0.3 is 0 Å². The topological polar surface area (TPSA) is 86.0 Å². The number of nitrogens with zero attached hydrogens (tertiary/aromatic N) is 3. The van der Waals surface area contributed by atoms with E-state index in [0.717, 1.165) is 5.69 Å². The summed E-state index contributed by atoms with van der Waals surface area (Å²) in [7, 11) is 0.